The Labute approximate surface area is 157 Å². The van der Waals surface area contributed by atoms with Gasteiger partial charge >= 0.3 is 14.2 Å². The lowest BCUT2D eigenvalue weighted by atomic mass is 9.73. The van der Waals surface area contributed by atoms with Gasteiger partial charge in [-0.2, -0.15) is 0 Å². The van der Waals surface area contributed by atoms with Crippen molar-refractivity contribution in [2.45, 2.75) is 65.2 Å². The second-order valence-electron chi connectivity index (χ2n) is 6.50. The van der Waals surface area contributed by atoms with Gasteiger partial charge in [-0.3, -0.25) is 0 Å². The highest BCUT2D eigenvalue weighted by molar-refractivity contribution is 6.62. The zero-order valence-corrected chi connectivity index (χ0v) is 16.0. The van der Waals surface area contributed by atoms with Gasteiger partial charge in [-0.05, 0) is 30.4 Å². The van der Waals surface area contributed by atoms with Gasteiger partial charge in [0.05, 0.1) is 18.7 Å². The summed E-state index contributed by atoms with van der Waals surface area (Å²) in [5.41, 5.74) is 0.321. The highest BCUT2D eigenvalue weighted by Crippen LogP contribution is 2.18. The Morgan fingerprint density at radius 2 is 1.15 bits per heavy atom. The summed E-state index contributed by atoms with van der Waals surface area (Å²) in [5.74, 6) is 0.427. The van der Waals surface area contributed by atoms with Crippen molar-refractivity contribution in [2.24, 2.45) is 0 Å². The molecule has 0 heterocycles. The molecule has 0 amide bonds. The quantitative estimate of drug-likeness (QED) is 0.289. The number of benzene rings is 1. The van der Waals surface area contributed by atoms with Crippen molar-refractivity contribution in [3.05, 3.63) is 12.1 Å². The van der Waals surface area contributed by atoms with Crippen LogP contribution in [-0.4, -0.2) is 47.5 Å². The Bertz CT molecular complexity index is 475. The van der Waals surface area contributed by atoms with E-state index in [2.05, 4.69) is 13.8 Å². The second kappa shape index (κ2) is 13.0. The fraction of sp³-hybridized carbons (Fsp3) is 0.667. The molecule has 0 radical (unpaired) electrons. The molecular weight excluding hydrogens is 334 g/mol. The molecule has 1 rings (SSSR count). The first kappa shape index (κ1) is 22.8. The van der Waals surface area contributed by atoms with E-state index in [1.807, 2.05) is 0 Å². The molecule has 0 saturated carbocycles. The average molecular weight is 366 g/mol. The lowest BCUT2D eigenvalue weighted by Crippen LogP contribution is -2.38. The van der Waals surface area contributed by atoms with Crippen molar-refractivity contribution in [1.82, 2.24) is 0 Å². The SMILES string of the molecule is CCCCCCOc1cc(B(O)O)cc(OCCCCCC)c1B(O)O. The van der Waals surface area contributed by atoms with E-state index in [9.17, 15) is 20.1 Å². The molecule has 0 bridgehead atoms. The number of ether oxygens (including phenoxy) is 2. The highest BCUT2D eigenvalue weighted by Gasteiger charge is 2.26. The van der Waals surface area contributed by atoms with Gasteiger partial charge in [0.2, 0.25) is 0 Å². The summed E-state index contributed by atoms with van der Waals surface area (Å²) in [5, 5.41) is 38.5. The molecule has 0 fully saturated rings. The molecule has 0 aromatic heterocycles. The largest absolute Gasteiger partial charge is 0.496 e. The molecular formula is C18H32B2O6. The third-order valence-corrected chi connectivity index (χ3v) is 4.19. The highest BCUT2D eigenvalue weighted by atomic mass is 16.5. The number of unbranched alkanes of at least 4 members (excludes halogenated alkanes) is 6. The van der Waals surface area contributed by atoms with E-state index in [1.54, 1.807) is 0 Å². The van der Waals surface area contributed by atoms with Gasteiger partial charge in [0, 0.05) is 0 Å². The molecule has 1 aromatic carbocycles. The fourth-order valence-electron chi connectivity index (χ4n) is 2.69. The van der Waals surface area contributed by atoms with Crippen molar-refractivity contribution in [3.63, 3.8) is 0 Å². The fourth-order valence-corrected chi connectivity index (χ4v) is 2.69. The third kappa shape index (κ3) is 7.99. The summed E-state index contributed by atoms with van der Waals surface area (Å²) in [4.78, 5) is 0. The van der Waals surface area contributed by atoms with Gasteiger partial charge in [-0.25, -0.2) is 0 Å². The minimum atomic E-state index is -1.77. The van der Waals surface area contributed by atoms with Crippen LogP contribution in [0.25, 0.3) is 0 Å². The minimum absolute atomic E-state index is 0.125. The van der Waals surface area contributed by atoms with Gasteiger partial charge in [-0.1, -0.05) is 52.4 Å². The van der Waals surface area contributed by atoms with Crippen molar-refractivity contribution in [2.75, 3.05) is 13.2 Å². The van der Waals surface area contributed by atoms with E-state index >= 15 is 0 Å². The van der Waals surface area contributed by atoms with Crippen LogP contribution in [0.1, 0.15) is 65.2 Å². The van der Waals surface area contributed by atoms with Crippen LogP contribution in [0.5, 0.6) is 11.5 Å². The molecule has 0 spiro atoms. The predicted molar refractivity (Wildman–Crippen MR) is 105 cm³/mol. The van der Waals surface area contributed by atoms with Crippen LogP contribution < -0.4 is 20.4 Å². The van der Waals surface area contributed by atoms with Crippen molar-refractivity contribution < 1.29 is 29.6 Å². The van der Waals surface area contributed by atoms with Crippen molar-refractivity contribution in [1.29, 1.82) is 0 Å². The smallest absolute Gasteiger partial charge is 0.494 e. The molecule has 0 unspecified atom stereocenters. The van der Waals surface area contributed by atoms with Crippen LogP contribution >= 0.6 is 0 Å². The van der Waals surface area contributed by atoms with Crippen molar-refractivity contribution >= 4 is 25.2 Å². The lowest BCUT2D eigenvalue weighted by molar-refractivity contribution is 0.291. The van der Waals surface area contributed by atoms with Crippen LogP contribution in [0, 0.1) is 0 Å². The maximum absolute atomic E-state index is 9.77. The average Bonchev–Trinajstić information content (AvgIpc) is 2.60. The van der Waals surface area contributed by atoms with E-state index < -0.39 is 14.2 Å². The van der Waals surface area contributed by atoms with E-state index in [4.69, 9.17) is 9.47 Å². The monoisotopic (exact) mass is 366 g/mol. The van der Waals surface area contributed by atoms with Gasteiger partial charge in [-0.15, -0.1) is 0 Å². The van der Waals surface area contributed by atoms with Gasteiger partial charge in [0.25, 0.3) is 0 Å². The Balaban J connectivity index is 2.90. The zero-order chi connectivity index (χ0) is 19.4. The van der Waals surface area contributed by atoms with E-state index in [0.717, 1.165) is 51.4 Å². The lowest BCUT2D eigenvalue weighted by Gasteiger charge is -2.18. The first-order chi connectivity index (χ1) is 12.5. The Morgan fingerprint density at radius 1 is 0.692 bits per heavy atom. The van der Waals surface area contributed by atoms with Gasteiger partial charge < -0.3 is 29.6 Å². The summed E-state index contributed by atoms with van der Waals surface area (Å²) in [6.45, 7) is 5.08. The first-order valence-corrected chi connectivity index (χ1v) is 9.66. The Hall–Kier alpha value is -1.21. The predicted octanol–water partition coefficient (Wildman–Crippen LogP) is 0.964. The maximum atomic E-state index is 9.77. The van der Waals surface area contributed by atoms with Crippen LogP contribution in [0.3, 0.4) is 0 Å². The van der Waals surface area contributed by atoms with Crippen LogP contribution in [0.2, 0.25) is 0 Å². The maximum Gasteiger partial charge on any atom is 0.496 e. The summed E-state index contributed by atoms with van der Waals surface area (Å²) in [6, 6.07) is 2.84. The minimum Gasteiger partial charge on any atom is -0.494 e. The van der Waals surface area contributed by atoms with E-state index in [0.29, 0.717) is 13.2 Å². The number of rotatable bonds is 14. The normalized spacial score (nSPS) is 10.7. The number of hydrogen-bond acceptors (Lipinski definition) is 6. The summed E-state index contributed by atoms with van der Waals surface area (Å²) in [6.07, 6.45) is 8.18. The van der Waals surface area contributed by atoms with Crippen molar-refractivity contribution in [3.8, 4) is 11.5 Å². The van der Waals surface area contributed by atoms with Crippen LogP contribution in [-0.2, 0) is 0 Å². The number of hydrogen-bond donors (Lipinski definition) is 4. The zero-order valence-electron chi connectivity index (χ0n) is 16.0. The molecule has 0 atom stereocenters. The Kier molecular flexibility index (Phi) is 11.4. The topological polar surface area (TPSA) is 99.4 Å². The molecule has 8 heteroatoms. The van der Waals surface area contributed by atoms with E-state index in [1.165, 1.54) is 12.1 Å². The molecule has 0 aliphatic heterocycles. The summed E-state index contributed by atoms with van der Waals surface area (Å²) >= 11 is 0. The summed E-state index contributed by atoms with van der Waals surface area (Å²) in [7, 11) is -3.46. The molecule has 1 aromatic rings. The van der Waals surface area contributed by atoms with Gasteiger partial charge in [0.1, 0.15) is 11.5 Å². The first-order valence-electron chi connectivity index (χ1n) is 9.66. The molecule has 6 nitrogen and oxygen atoms in total. The van der Waals surface area contributed by atoms with E-state index in [-0.39, 0.29) is 22.4 Å². The second-order valence-corrected chi connectivity index (χ2v) is 6.50. The molecule has 0 aliphatic carbocycles. The summed E-state index contributed by atoms with van der Waals surface area (Å²) < 4.78 is 11.4. The molecule has 0 saturated heterocycles. The molecule has 4 N–H and O–H groups in total. The van der Waals surface area contributed by atoms with Crippen LogP contribution in [0.15, 0.2) is 12.1 Å². The molecule has 0 aliphatic rings. The van der Waals surface area contributed by atoms with Crippen LogP contribution in [0.4, 0.5) is 0 Å². The third-order valence-electron chi connectivity index (χ3n) is 4.19. The Morgan fingerprint density at radius 3 is 1.50 bits per heavy atom. The molecule has 26 heavy (non-hydrogen) atoms. The van der Waals surface area contributed by atoms with Gasteiger partial charge in [0.15, 0.2) is 0 Å². The molecule has 146 valence electrons. The standard InChI is InChI=1S/C18H32B2O6/c1-3-5-7-9-11-25-16-13-15(19(21)22)14-17(18(16)20(23)24)26-12-10-8-6-4-2/h13-14,21-24H,3-12H2,1-2H3.